The van der Waals surface area contributed by atoms with Crippen LogP contribution in [-0.2, 0) is 19.5 Å². The van der Waals surface area contributed by atoms with Gasteiger partial charge in [0.1, 0.15) is 11.8 Å². The monoisotopic (exact) mass is 377 g/mol. The molecule has 0 spiro atoms. The summed E-state index contributed by atoms with van der Waals surface area (Å²) in [7, 11) is 0. The van der Waals surface area contributed by atoms with Crippen LogP contribution in [0, 0.1) is 0 Å². The molecule has 1 amide bonds. The van der Waals surface area contributed by atoms with Crippen LogP contribution in [0.2, 0.25) is 0 Å². The average Bonchev–Trinajstić information content (AvgIpc) is 3.32. The van der Waals surface area contributed by atoms with Gasteiger partial charge in [-0.1, -0.05) is 11.3 Å². The van der Waals surface area contributed by atoms with E-state index in [1.54, 1.807) is 11.6 Å². The van der Waals surface area contributed by atoms with E-state index in [9.17, 15) is 4.79 Å². The molecule has 0 saturated heterocycles. The Morgan fingerprint density at radius 1 is 1.40 bits per heavy atom. The summed E-state index contributed by atoms with van der Waals surface area (Å²) in [6.07, 6.45) is 7.54. The van der Waals surface area contributed by atoms with Crippen molar-refractivity contribution in [3.8, 4) is 0 Å². The highest BCUT2D eigenvalue weighted by atomic mass is 35.5. The lowest BCUT2D eigenvalue weighted by molar-refractivity contribution is 0.0733. The number of hydrogen-bond donors (Lipinski definition) is 1. The number of amides is 1. The highest BCUT2D eigenvalue weighted by Crippen LogP contribution is 2.24. The molecule has 9 heteroatoms. The van der Waals surface area contributed by atoms with E-state index in [0.29, 0.717) is 25.2 Å². The third-order valence-corrected chi connectivity index (χ3v) is 4.72. The van der Waals surface area contributed by atoms with Gasteiger partial charge in [-0.25, -0.2) is 0 Å². The molecule has 1 aliphatic heterocycles. The van der Waals surface area contributed by atoms with Crippen LogP contribution in [0.4, 0.5) is 5.13 Å². The molecule has 0 aromatic carbocycles. The van der Waals surface area contributed by atoms with E-state index in [1.807, 2.05) is 17.3 Å². The number of rotatable bonds is 4. The zero-order chi connectivity index (χ0) is 16.4. The van der Waals surface area contributed by atoms with Crippen molar-refractivity contribution >= 4 is 34.8 Å². The van der Waals surface area contributed by atoms with E-state index in [-0.39, 0.29) is 18.3 Å². The minimum atomic E-state index is -0.00760. The van der Waals surface area contributed by atoms with Crippen molar-refractivity contribution in [1.29, 1.82) is 0 Å². The Labute approximate surface area is 154 Å². The van der Waals surface area contributed by atoms with E-state index in [0.717, 1.165) is 22.7 Å². The van der Waals surface area contributed by atoms with Gasteiger partial charge in [-0.15, -0.1) is 22.6 Å². The smallest absolute Gasteiger partial charge is 0.257 e. The van der Waals surface area contributed by atoms with Gasteiger partial charge in [0.15, 0.2) is 0 Å². The van der Waals surface area contributed by atoms with Gasteiger partial charge in [0.05, 0.1) is 11.8 Å². The number of anilines is 1. The van der Waals surface area contributed by atoms with Crippen LogP contribution in [0.1, 0.15) is 27.0 Å². The summed E-state index contributed by atoms with van der Waals surface area (Å²) < 4.78 is 5.00. The minimum absolute atomic E-state index is 0. The fraction of sp³-hybridized carbons (Fsp3) is 0.250. The van der Waals surface area contributed by atoms with E-state index in [4.69, 9.17) is 4.42 Å². The van der Waals surface area contributed by atoms with Crippen LogP contribution in [0.25, 0.3) is 0 Å². The predicted molar refractivity (Wildman–Crippen MR) is 95.9 cm³/mol. The van der Waals surface area contributed by atoms with Gasteiger partial charge < -0.3 is 14.6 Å². The number of nitrogens with one attached hydrogen (secondary N) is 1. The van der Waals surface area contributed by atoms with Gasteiger partial charge in [-0.2, -0.15) is 0 Å². The molecule has 0 unspecified atom stereocenters. The molecule has 3 aromatic rings. The average molecular weight is 378 g/mol. The summed E-state index contributed by atoms with van der Waals surface area (Å²) in [4.78, 5) is 18.6. The number of fused-ring (bicyclic) bond motifs is 1. The fourth-order valence-corrected chi connectivity index (χ4v) is 3.33. The lowest BCUT2D eigenvalue weighted by Gasteiger charge is -2.29. The Balaban J connectivity index is 0.00000182. The van der Waals surface area contributed by atoms with E-state index in [2.05, 4.69) is 20.5 Å². The van der Waals surface area contributed by atoms with Crippen molar-refractivity contribution in [3.63, 3.8) is 0 Å². The predicted octanol–water partition coefficient (Wildman–Crippen LogP) is 2.76. The third-order valence-electron chi connectivity index (χ3n) is 4.07. The van der Waals surface area contributed by atoms with Crippen LogP contribution in [-0.4, -0.2) is 32.5 Å². The summed E-state index contributed by atoms with van der Waals surface area (Å²) in [6, 6.07) is 1.69. The van der Waals surface area contributed by atoms with Crippen LogP contribution >= 0.6 is 23.7 Å². The normalized spacial score (nSPS) is 13.0. The minimum Gasteiger partial charge on any atom is -0.472 e. The van der Waals surface area contributed by atoms with Crippen LogP contribution in [0.5, 0.6) is 0 Å². The number of hydrogen-bond acceptors (Lipinski definition) is 7. The number of furan rings is 1. The van der Waals surface area contributed by atoms with Crippen molar-refractivity contribution in [2.45, 2.75) is 19.5 Å². The lowest BCUT2D eigenvalue weighted by atomic mass is 9.96. The van der Waals surface area contributed by atoms with Crippen molar-refractivity contribution in [3.05, 3.63) is 58.8 Å². The zero-order valence-corrected chi connectivity index (χ0v) is 14.8. The van der Waals surface area contributed by atoms with E-state index >= 15 is 0 Å². The standard InChI is InChI=1S/C16H15N5O2S.ClH/c22-15(11-2-4-23-9-11)21-3-1-14-12(5-17-6-13(14)8-21)7-18-16-20-19-10-24-16;/h2,4-6,9-10H,1,3,7-8H2,(H,18,20);1H. The Morgan fingerprint density at radius 2 is 2.32 bits per heavy atom. The first kappa shape index (κ1) is 17.4. The highest BCUT2D eigenvalue weighted by Gasteiger charge is 2.24. The van der Waals surface area contributed by atoms with Crippen molar-refractivity contribution < 1.29 is 9.21 Å². The molecule has 3 aromatic heterocycles. The number of nitrogens with zero attached hydrogens (tertiary/aromatic N) is 4. The van der Waals surface area contributed by atoms with Crippen LogP contribution in [0.3, 0.4) is 0 Å². The van der Waals surface area contributed by atoms with Crippen molar-refractivity contribution in [2.75, 3.05) is 11.9 Å². The van der Waals surface area contributed by atoms with Crippen molar-refractivity contribution in [2.24, 2.45) is 0 Å². The number of carbonyl (C=O) groups excluding carboxylic acids is 1. The summed E-state index contributed by atoms with van der Waals surface area (Å²) in [6.45, 7) is 1.91. The molecule has 4 rings (SSSR count). The number of carbonyl (C=O) groups is 1. The molecular weight excluding hydrogens is 362 g/mol. The van der Waals surface area contributed by atoms with Gasteiger partial charge in [-0.3, -0.25) is 9.78 Å². The molecule has 1 N–H and O–H groups in total. The Bertz CT molecular complexity index is 838. The second kappa shape index (κ2) is 7.62. The van der Waals surface area contributed by atoms with Gasteiger partial charge in [0, 0.05) is 32.0 Å². The summed E-state index contributed by atoms with van der Waals surface area (Å²) in [5, 5.41) is 11.8. The van der Waals surface area contributed by atoms with Gasteiger partial charge in [-0.05, 0) is 29.2 Å². The van der Waals surface area contributed by atoms with E-state index in [1.165, 1.54) is 29.4 Å². The van der Waals surface area contributed by atoms with Crippen molar-refractivity contribution in [1.82, 2.24) is 20.1 Å². The third kappa shape index (κ3) is 3.64. The Kier molecular flexibility index (Phi) is 5.30. The van der Waals surface area contributed by atoms with Crippen LogP contribution in [0.15, 0.2) is 40.9 Å². The van der Waals surface area contributed by atoms with E-state index < -0.39 is 0 Å². The maximum Gasteiger partial charge on any atom is 0.257 e. The summed E-state index contributed by atoms with van der Waals surface area (Å²) in [5.74, 6) is -0.00760. The summed E-state index contributed by atoms with van der Waals surface area (Å²) in [5.41, 5.74) is 5.77. The number of halogens is 1. The zero-order valence-electron chi connectivity index (χ0n) is 13.2. The number of pyridine rings is 1. The highest BCUT2D eigenvalue weighted by molar-refractivity contribution is 7.13. The first-order chi connectivity index (χ1) is 11.8. The molecule has 0 aliphatic carbocycles. The lowest BCUT2D eigenvalue weighted by Crippen LogP contribution is -2.36. The molecular formula is C16H16ClN5O2S. The molecule has 0 saturated carbocycles. The fourth-order valence-electron chi connectivity index (χ4n) is 2.88. The molecule has 0 radical (unpaired) electrons. The molecule has 7 nitrogen and oxygen atoms in total. The molecule has 0 atom stereocenters. The number of aromatic nitrogens is 3. The second-order valence-corrected chi connectivity index (χ2v) is 6.36. The molecule has 4 heterocycles. The first-order valence-electron chi connectivity index (χ1n) is 7.57. The first-order valence-corrected chi connectivity index (χ1v) is 8.45. The molecule has 0 fully saturated rings. The maximum atomic E-state index is 12.5. The maximum absolute atomic E-state index is 12.5. The summed E-state index contributed by atoms with van der Waals surface area (Å²) >= 11 is 1.47. The molecule has 25 heavy (non-hydrogen) atoms. The SMILES string of the molecule is Cl.O=C(c1ccoc1)N1CCc2c(CNc3nncs3)cncc2C1. The topological polar surface area (TPSA) is 84.2 Å². The molecule has 0 bridgehead atoms. The Morgan fingerprint density at radius 3 is 3.08 bits per heavy atom. The molecule has 130 valence electrons. The Hall–Kier alpha value is -2.45. The van der Waals surface area contributed by atoms with Gasteiger partial charge >= 0.3 is 0 Å². The largest absolute Gasteiger partial charge is 0.472 e. The quantitative estimate of drug-likeness (QED) is 0.752. The van der Waals surface area contributed by atoms with Crippen LogP contribution < -0.4 is 5.32 Å². The second-order valence-electron chi connectivity index (χ2n) is 5.52. The van der Waals surface area contributed by atoms with Gasteiger partial charge in [0.2, 0.25) is 5.13 Å². The van der Waals surface area contributed by atoms with Gasteiger partial charge in [0.25, 0.3) is 5.91 Å². The molecule has 1 aliphatic rings.